The summed E-state index contributed by atoms with van der Waals surface area (Å²) < 4.78 is 0. The molecule has 0 aromatic heterocycles. The molecule has 17 heavy (non-hydrogen) atoms. The first-order chi connectivity index (χ1) is 8.15. The second kappa shape index (κ2) is 6.19. The Hall–Kier alpha value is -0.0800. The molecule has 2 aliphatic rings. The molecular weight excluding hydrogens is 208 g/mol. The molecule has 0 bridgehead atoms. The van der Waals surface area contributed by atoms with Crippen LogP contribution in [0, 0.1) is 17.8 Å². The molecule has 1 saturated heterocycles. The molecular formula is C15H30N2. The van der Waals surface area contributed by atoms with Gasteiger partial charge in [-0.05, 0) is 43.6 Å². The maximum Gasteiger partial charge on any atom is 0.0170 e. The molecule has 2 heteroatoms. The Morgan fingerprint density at radius 1 is 1.12 bits per heavy atom. The molecule has 2 N–H and O–H groups in total. The maximum atomic E-state index is 6.23. The van der Waals surface area contributed by atoms with Crippen molar-refractivity contribution in [1.29, 1.82) is 0 Å². The number of hydrogen-bond acceptors (Lipinski definition) is 2. The van der Waals surface area contributed by atoms with Crippen LogP contribution in [0.3, 0.4) is 0 Å². The van der Waals surface area contributed by atoms with Crippen molar-refractivity contribution in [2.24, 2.45) is 23.5 Å². The van der Waals surface area contributed by atoms with Crippen molar-refractivity contribution in [3.63, 3.8) is 0 Å². The molecule has 2 rings (SSSR count). The largest absolute Gasteiger partial charge is 0.327 e. The molecule has 2 nitrogen and oxygen atoms in total. The summed E-state index contributed by atoms with van der Waals surface area (Å²) in [5.74, 6) is 2.77. The Balaban J connectivity index is 1.75. The van der Waals surface area contributed by atoms with Gasteiger partial charge in [-0.2, -0.15) is 0 Å². The Labute approximate surface area is 107 Å². The van der Waals surface area contributed by atoms with E-state index in [1.165, 1.54) is 51.6 Å². The number of fused-ring (bicyclic) bond motifs is 1. The summed E-state index contributed by atoms with van der Waals surface area (Å²) in [6, 6.07) is 0.384. The fraction of sp³-hybridized carbons (Fsp3) is 1.00. The van der Waals surface area contributed by atoms with Gasteiger partial charge < -0.3 is 10.6 Å². The molecule has 0 amide bonds. The van der Waals surface area contributed by atoms with E-state index >= 15 is 0 Å². The van der Waals surface area contributed by atoms with Crippen LogP contribution in [0.5, 0.6) is 0 Å². The minimum Gasteiger partial charge on any atom is -0.327 e. The Bertz CT molecular complexity index is 227. The van der Waals surface area contributed by atoms with E-state index < -0.39 is 0 Å². The average molecular weight is 238 g/mol. The molecule has 1 aliphatic heterocycles. The van der Waals surface area contributed by atoms with Crippen molar-refractivity contribution in [1.82, 2.24) is 4.90 Å². The smallest absolute Gasteiger partial charge is 0.0170 e. The van der Waals surface area contributed by atoms with E-state index in [2.05, 4.69) is 18.7 Å². The number of hydrogen-bond donors (Lipinski definition) is 1. The zero-order chi connectivity index (χ0) is 12.3. The molecule has 0 aromatic rings. The molecule has 2 fully saturated rings. The summed E-state index contributed by atoms with van der Waals surface area (Å²) in [5, 5.41) is 0. The highest BCUT2D eigenvalue weighted by Gasteiger charge is 2.31. The summed E-state index contributed by atoms with van der Waals surface area (Å²) in [5.41, 5.74) is 6.23. The molecule has 0 unspecified atom stereocenters. The van der Waals surface area contributed by atoms with Crippen LogP contribution in [0.4, 0.5) is 0 Å². The van der Waals surface area contributed by atoms with Gasteiger partial charge in [-0.25, -0.2) is 0 Å². The fourth-order valence-corrected chi connectivity index (χ4v) is 3.85. The van der Waals surface area contributed by atoms with Crippen molar-refractivity contribution < 1.29 is 0 Å². The van der Waals surface area contributed by atoms with Gasteiger partial charge in [0, 0.05) is 19.1 Å². The van der Waals surface area contributed by atoms with Gasteiger partial charge in [-0.15, -0.1) is 0 Å². The third-order valence-corrected chi connectivity index (χ3v) is 4.64. The predicted molar refractivity (Wildman–Crippen MR) is 73.9 cm³/mol. The molecule has 1 saturated carbocycles. The molecule has 100 valence electrons. The van der Waals surface area contributed by atoms with Gasteiger partial charge in [-0.3, -0.25) is 0 Å². The molecule has 0 radical (unpaired) electrons. The van der Waals surface area contributed by atoms with Crippen molar-refractivity contribution in [3.8, 4) is 0 Å². The third kappa shape index (κ3) is 3.96. The van der Waals surface area contributed by atoms with Crippen molar-refractivity contribution >= 4 is 0 Å². The summed E-state index contributed by atoms with van der Waals surface area (Å²) in [4.78, 5) is 2.64. The topological polar surface area (TPSA) is 29.3 Å². The number of likely N-dealkylation sites (tertiary alicyclic amines) is 1. The first-order valence-corrected chi connectivity index (χ1v) is 7.63. The Kier molecular flexibility index (Phi) is 4.87. The van der Waals surface area contributed by atoms with Crippen LogP contribution in [-0.4, -0.2) is 30.6 Å². The Morgan fingerprint density at radius 2 is 1.82 bits per heavy atom. The molecule has 1 heterocycles. The van der Waals surface area contributed by atoms with E-state index in [1.807, 2.05) is 0 Å². The summed E-state index contributed by atoms with van der Waals surface area (Å²) in [6.07, 6.45) is 8.52. The quantitative estimate of drug-likeness (QED) is 0.816. The highest BCUT2D eigenvalue weighted by atomic mass is 15.1. The second-order valence-electron chi connectivity index (χ2n) is 6.74. The van der Waals surface area contributed by atoms with Crippen LogP contribution < -0.4 is 5.73 Å². The fourth-order valence-electron chi connectivity index (χ4n) is 3.85. The monoisotopic (exact) mass is 238 g/mol. The van der Waals surface area contributed by atoms with Gasteiger partial charge in [0.1, 0.15) is 0 Å². The summed E-state index contributed by atoms with van der Waals surface area (Å²) in [6.45, 7) is 8.30. The number of rotatable bonds is 4. The number of piperidine rings is 1. The first-order valence-electron chi connectivity index (χ1n) is 7.63. The van der Waals surface area contributed by atoms with Gasteiger partial charge in [0.25, 0.3) is 0 Å². The highest BCUT2D eigenvalue weighted by Crippen LogP contribution is 2.35. The van der Waals surface area contributed by atoms with Crippen LogP contribution in [0.2, 0.25) is 0 Å². The zero-order valence-corrected chi connectivity index (χ0v) is 11.7. The van der Waals surface area contributed by atoms with E-state index in [0.29, 0.717) is 6.04 Å². The predicted octanol–water partition coefficient (Wildman–Crippen LogP) is 2.87. The zero-order valence-electron chi connectivity index (χ0n) is 11.7. The lowest BCUT2D eigenvalue weighted by atomic mass is 9.75. The summed E-state index contributed by atoms with van der Waals surface area (Å²) in [7, 11) is 0. The minimum absolute atomic E-state index is 0.384. The molecule has 0 aromatic carbocycles. The normalized spacial score (nSPS) is 32.5. The average Bonchev–Trinajstić information content (AvgIpc) is 2.27. The standard InChI is InChI=1S/C15H30N2/c1-12(2)9-15(16)11-17-8-7-13-5-3-4-6-14(13)10-17/h12-15H,3-11,16H2,1-2H3/t13-,14+,15-/m0/s1. The number of nitrogens with two attached hydrogens (primary N) is 1. The van der Waals surface area contributed by atoms with Crippen molar-refractivity contribution in [3.05, 3.63) is 0 Å². The van der Waals surface area contributed by atoms with Crippen molar-refractivity contribution in [2.45, 2.75) is 58.4 Å². The second-order valence-corrected chi connectivity index (χ2v) is 6.74. The van der Waals surface area contributed by atoms with Crippen molar-refractivity contribution in [2.75, 3.05) is 19.6 Å². The van der Waals surface area contributed by atoms with Gasteiger partial charge in [0.2, 0.25) is 0 Å². The minimum atomic E-state index is 0.384. The lowest BCUT2D eigenvalue weighted by molar-refractivity contribution is 0.0813. The molecule has 1 aliphatic carbocycles. The SMILES string of the molecule is CC(C)C[C@H](N)CN1CC[C@@H]2CCCC[C@@H]2C1. The lowest BCUT2D eigenvalue weighted by Gasteiger charge is -2.42. The van der Waals surface area contributed by atoms with E-state index in [-0.39, 0.29) is 0 Å². The van der Waals surface area contributed by atoms with Crippen LogP contribution in [-0.2, 0) is 0 Å². The van der Waals surface area contributed by atoms with Crippen LogP contribution in [0.25, 0.3) is 0 Å². The van der Waals surface area contributed by atoms with Crippen LogP contribution >= 0.6 is 0 Å². The lowest BCUT2D eigenvalue weighted by Crippen LogP contribution is -2.46. The Morgan fingerprint density at radius 3 is 2.53 bits per heavy atom. The highest BCUT2D eigenvalue weighted by molar-refractivity contribution is 4.84. The molecule has 3 atom stereocenters. The number of nitrogens with zero attached hydrogens (tertiary/aromatic N) is 1. The maximum absolute atomic E-state index is 6.23. The van der Waals surface area contributed by atoms with Gasteiger partial charge in [-0.1, -0.05) is 33.1 Å². The summed E-state index contributed by atoms with van der Waals surface area (Å²) >= 11 is 0. The van der Waals surface area contributed by atoms with Crippen LogP contribution in [0.1, 0.15) is 52.4 Å². The molecule has 0 spiro atoms. The van der Waals surface area contributed by atoms with E-state index in [9.17, 15) is 0 Å². The van der Waals surface area contributed by atoms with E-state index in [0.717, 1.165) is 24.3 Å². The van der Waals surface area contributed by atoms with Gasteiger partial charge in [0.05, 0.1) is 0 Å². The van der Waals surface area contributed by atoms with Gasteiger partial charge in [0.15, 0.2) is 0 Å². The van der Waals surface area contributed by atoms with Gasteiger partial charge >= 0.3 is 0 Å². The van der Waals surface area contributed by atoms with E-state index in [1.54, 1.807) is 0 Å². The van der Waals surface area contributed by atoms with Crippen LogP contribution in [0.15, 0.2) is 0 Å². The third-order valence-electron chi connectivity index (χ3n) is 4.64. The van der Waals surface area contributed by atoms with E-state index in [4.69, 9.17) is 5.73 Å². The first kappa shape index (κ1) is 13.4.